The molecule has 0 bridgehead atoms. The predicted molar refractivity (Wildman–Crippen MR) is 136 cm³/mol. The normalized spacial score (nSPS) is 12.5. The number of unbranched alkanes of at least 4 members (excludes halogenated alkanes) is 19. The van der Waals surface area contributed by atoms with Gasteiger partial charge in [-0.2, -0.15) is 0 Å². The Kier molecular flexibility index (Phi) is 25.7. The minimum atomic E-state index is 0.749. The third-order valence-electron chi connectivity index (χ3n) is 6.19. The van der Waals surface area contributed by atoms with Crippen LogP contribution >= 0.6 is 0 Å². The van der Waals surface area contributed by atoms with Crippen LogP contribution in [0.2, 0.25) is 0 Å². The van der Waals surface area contributed by atoms with Crippen LogP contribution < -0.4 is 0 Å². The second-order valence-electron chi connectivity index (χ2n) is 9.03. The molecule has 0 aliphatic carbocycles. The Labute approximate surface area is 183 Å². The van der Waals surface area contributed by atoms with Crippen LogP contribution in [0.1, 0.15) is 156 Å². The lowest BCUT2D eigenvalue weighted by molar-refractivity contribution is 0.523. The number of hydrogen-bond donors (Lipinski definition) is 0. The molecule has 0 N–H and O–H groups in total. The van der Waals surface area contributed by atoms with E-state index in [1.165, 1.54) is 152 Å². The molecule has 1 atom stereocenters. The summed E-state index contributed by atoms with van der Waals surface area (Å²) in [6.07, 6.45) is 31.0. The van der Waals surface area contributed by atoms with Gasteiger partial charge in [-0.3, -0.25) is 0 Å². The molecule has 0 aliphatic heterocycles. The Balaban J connectivity index is 3.07. The lowest BCUT2D eigenvalue weighted by Crippen LogP contribution is -2.14. The maximum atomic E-state index is 2.38. The van der Waals surface area contributed by atoms with Gasteiger partial charge in [-0.05, 0) is 37.1 Å². The monoisotopic (exact) mass is 413 g/mol. The highest BCUT2D eigenvalue weighted by atomic mass is 32.2. The lowest BCUT2D eigenvalue weighted by Gasteiger charge is -2.06. The van der Waals surface area contributed by atoms with Gasteiger partial charge in [0.05, 0.1) is 0 Å². The van der Waals surface area contributed by atoms with Gasteiger partial charge in [-0.15, -0.1) is 0 Å². The Bertz CT molecular complexity index is 263. The van der Waals surface area contributed by atoms with Crippen molar-refractivity contribution in [1.82, 2.24) is 0 Å². The Hall–Kier alpha value is 0.350. The zero-order valence-corrected chi connectivity index (χ0v) is 21.2. The molecule has 0 saturated heterocycles. The highest BCUT2D eigenvalue weighted by Crippen LogP contribution is 2.15. The Morgan fingerprint density at radius 3 is 0.929 bits per heavy atom. The predicted octanol–water partition coefficient (Wildman–Crippen LogP) is 9.86. The summed E-state index contributed by atoms with van der Waals surface area (Å²) in [7, 11) is 0.749. The number of hydrogen-bond acceptors (Lipinski definition) is 0. The van der Waals surface area contributed by atoms with Gasteiger partial charge in [0.2, 0.25) is 0 Å². The molecule has 0 rings (SSSR count). The topological polar surface area (TPSA) is 0 Å². The SMILES string of the molecule is CCCCCCCCCCCCCCCCCCCCCC[S+](CC)CCC. The van der Waals surface area contributed by atoms with Gasteiger partial charge in [0, 0.05) is 0 Å². The summed E-state index contributed by atoms with van der Waals surface area (Å²) < 4.78 is 0. The quantitative estimate of drug-likeness (QED) is 0.109. The molecule has 1 unspecified atom stereocenters. The Morgan fingerprint density at radius 1 is 0.321 bits per heavy atom. The van der Waals surface area contributed by atoms with Crippen molar-refractivity contribution >= 4 is 10.9 Å². The van der Waals surface area contributed by atoms with Crippen molar-refractivity contribution in [2.24, 2.45) is 0 Å². The van der Waals surface area contributed by atoms with E-state index in [-0.39, 0.29) is 0 Å². The van der Waals surface area contributed by atoms with E-state index < -0.39 is 0 Å². The summed E-state index contributed by atoms with van der Waals surface area (Å²) >= 11 is 0. The van der Waals surface area contributed by atoms with Crippen LogP contribution in [0.15, 0.2) is 0 Å². The summed E-state index contributed by atoms with van der Waals surface area (Å²) in [5.74, 6) is 4.42. The first-order chi connectivity index (χ1) is 13.8. The minimum absolute atomic E-state index is 0.749. The van der Waals surface area contributed by atoms with Crippen molar-refractivity contribution in [3.63, 3.8) is 0 Å². The van der Waals surface area contributed by atoms with Gasteiger partial charge >= 0.3 is 0 Å². The number of rotatable bonds is 24. The average molecular weight is 414 g/mol. The molecule has 1 heteroatoms. The molecule has 0 spiro atoms. The van der Waals surface area contributed by atoms with Crippen molar-refractivity contribution in [1.29, 1.82) is 0 Å². The molecule has 0 nitrogen and oxygen atoms in total. The third-order valence-corrected chi connectivity index (χ3v) is 8.86. The molecule has 0 radical (unpaired) electrons. The maximum Gasteiger partial charge on any atom is 0.108 e. The smallest absolute Gasteiger partial charge is 0.0654 e. The third kappa shape index (κ3) is 22.6. The van der Waals surface area contributed by atoms with Crippen molar-refractivity contribution in [2.75, 3.05) is 17.3 Å². The second-order valence-corrected chi connectivity index (χ2v) is 11.6. The molecule has 0 saturated carbocycles. The average Bonchev–Trinajstić information content (AvgIpc) is 2.71. The van der Waals surface area contributed by atoms with Crippen molar-refractivity contribution in [3.8, 4) is 0 Å². The van der Waals surface area contributed by atoms with E-state index in [9.17, 15) is 0 Å². The molecule has 0 heterocycles. The van der Waals surface area contributed by atoms with E-state index in [2.05, 4.69) is 20.8 Å². The van der Waals surface area contributed by atoms with E-state index in [1.54, 1.807) is 0 Å². The first kappa shape index (κ1) is 28.4. The first-order valence-corrected chi connectivity index (χ1v) is 15.2. The zero-order chi connectivity index (χ0) is 20.5. The summed E-state index contributed by atoms with van der Waals surface area (Å²) in [6.45, 7) is 7.03. The van der Waals surface area contributed by atoms with Gasteiger partial charge in [-0.1, -0.05) is 129 Å². The second kappa shape index (κ2) is 25.4. The van der Waals surface area contributed by atoms with Crippen molar-refractivity contribution < 1.29 is 0 Å². The van der Waals surface area contributed by atoms with Crippen molar-refractivity contribution in [2.45, 2.75) is 156 Å². The van der Waals surface area contributed by atoms with E-state index in [0.29, 0.717) is 0 Å². The van der Waals surface area contributed by atoms with Gasteiger partial charge in [-0.25, -0.2) is 0 Å². The first-order valence-electron chi connectivity index (χ1n) is 13.5. The summed E-state index contributed by atoms with van der Waals surface area (Å²) in [4.78, 5) is 0. The Morgan fingerprint density at radius 2 is 0.643 bits per heavy atom. The molecule has 0 aliphatic rings. The van der Waals surface area contributed by atoms with Crippen LogP contribution in [-0.4, -0.2) is 17.3 Å². The largest absolute Gasteiger partial charge is 0.108 e. The zero-order valence-electron chi connectivity index (χ0n) is 20.4. The van der Waals surface area contributed by atoms with E-state index in [4.69, 9.17) is 0 Å². The fourth-order valence-electron chi connectivity index (χ4n) is 4.24. The molecule has 0 aromatic heterocycles. The lowest BCUT2D eigenvalue weighted by atomic mass is 10.0. The van der Waals surface area contributed by atoms with Crippen LogP contribution in [0.5, 0.6) is 0 Å². The summed E-state index contributed by atoms with van der Waals surface area (Å²) in [5, 5.41) is 0. The molecule has 0 aromatic rings. The molecular weight excluding hydrogens is 356 g/mol. The molecule has 28 heavy (non-hydrogen) atoms. The van der Waals surface area contributed by atoms with Gasteiger partial charge in [0.25, 0.3) is 0 Å². The highest BCUT2D eigenvalue weighted by Gasteiger charge is 2.12. The van der Waals surface area contributed by atoms with Crippen LogP contribution in [0, 0.1) is 0 Å². The molecule has 0 aromatic carbocycles. The molecular formula is C27H57S+. The molecule has 0 fully saturated rings. The fraction of sp³-hybridized carbons (Fsp3) is 1.00. The van der Waals surface area contributed by atoms with Gasteiger partial charge in [0.15, 0.2) is 0 Å². The van der Waals surface area contributed by atoms with E-state index in [1.807, 2.05) is 0 Å². The van der Waals surface area contributed by atoms with Gasteiger partial charge in [0.1, 0.15) is 17.3 Å². The van der Waals surface area contributed by atoms with Crippen LogP contribution in [0.3, 0.4) is 0 Å². The van der Waals surface area contributed by atoms with Crippen LogP contribution in [0.4, 0.5) is 0 Å². The van der Waals surface area contributed by atoms with Gasteiger partial charge < -0.3 is 0 Å². The summed E-state index contributed by atoms with van der Waals surface area (Å²) in [6, 6.07) is 0. The maximum absolute atomic E-state index is 2.38. The van der Waals surface area contributed by atoms with Crippen LogP contribution in [0.25, 0.3) is 0 Å². The molecule has 170 valence electrons. The fourth-order valence-corrected chi connectivity index (χ4v) is 6.21. The van der Waals surface area contributed by atoms with Crippen molar-refractivity contribution in [3.05, 3.63) is 0 Å². The van der Waals surface area contributed by atoms with Crippen LogP contribution in [-0.2, 0) is 10.9 Å². The minimum Gasteiger partial charge on any atom is -0.0654 e. The van der Waals surface area contributed by atoms with E-state index in [0.717, 1.165) is 10.9 Å². The standard InChI is InChI=1S/C27H57S/c1-4-7-8-9-10-11-12-13-14-15-16-17-18-19-20-21-22-23-24-25-27-28(6-3)26-5-2/h4-27H2,1-3H3/q+1. The molecule has 0 amide bonds. The summed E-state index contributed by atoms with van der Waals surface area (Å²) in [5.41, 5.74) is 0. The highest BCUT2D eigenvalue weighted by molar-refractivity contribution is 7.96. The van der Waals surface area contributed by atoms with E-state index >= 15 is 0 Å².